The van der Waals surface area contributed by atoms with Crippen LogP contribution in [0.15, 0.2) is 72.8 Å². The minimum atomic E-state index is -0.646. The number of nitrogens with one attached hydrogen (secondary N) is 2. The van der Waals surface area contributed by atoms with Crippen LogP contribution in [0, 0.1) is 17.1 Å². The molecule has 3 aromatic carbocycles. The number of methoxy groups -OCH3 is 1. The average molecular weight is 663 g/mol. The van der Waals surface area contributed by atoms with Crippen molar-refractivity contribution in [3.05, 3.63) is 100 Å². The Morgan fingerprint density at radius 3 is 2.43 bits per heavy atom. The van der Waals surface area contributed by atoms with E-state index in [0.29, 0.717) is 51.8 Å². The van der Waals surface area contributed by atoms with Crippen molar-refractivity contribution in [3.63, 3.8) is 0 Å². The first-order chi connectivity index (χ1) is 21.8. The van der Waals surface area contributed by atoms with E-state index in [1.165, 1.54) is 36.7 Å². The van der Waals surface area contributed by atoms with Crippen molar-refractivity contribution >= 4 is 41.6 Å². The third kappa shape index (κ3) is 7.91. The molecular weight excluding hydrogens is 631 g/mol. The summed E-state index contributed by atoms with van der Waals surface area (Å²) in [5, 5.41) is 31.7. The van der Waals surface area contributed by atoms with Crippen molar-refractivity contribution in [2.75, 3.05) is 20.2 Å². The summed E-state index contributed by atoms with van der Waals surface area (Å²) in [4.78, 5) is 27.8. The van der Waals surface area contributed by atoms with Gasteiger partial charge in [-0.05, 0) is 77.6 Å². The largest absolute Gasteiger partial charge is 0.504 e. The van der Waals surface area contributed by atoms with E-state index in [1.54, 1.807) is 41.9 Å². The highest BCUT2D eigenvalue weighted by Crippen LogP contribution is 2.42. The Kier molecular flexibility index (Phi) is 11.5. The van der Waals surface area contributed by atoms with E-state index in [4.69, 9.17) is 9.94 Å². The summed E-state index contributed by atoms with van der Waals surface area (Å²) in [5.74, 6) is -1.09. The van der Waals surface area contributed by atoms with Crippen LogP contribution in [0.25, 0.3) is 27.6 Å². The molecule has 46 heavy (non-hydrogen) atoms. The molecule has 0 atom stereocenters. The monoisotopic (exact) mass is 662 g/mol. The van der Waals surface area contributed by atoms with Gasteiger partial charge in [0.15, 0.2) is 11.5 Å². The number of aromatic hydroxyl groups is 1. The topological polar surface area (TPSA) is 135 Å². The maximum Gasteiger partial charge on any atom is 0.267 e. The zero-order chi connectivity index (χ0) is 31.9. The third-order valence-corrected chi connectivity index (χ3v) is 8.85. The van der Waals surface area contributed by atoms with Crippen molar-refractivity contribution < 1.29 is 29.0 Å². The number of phenols is 1. The number of hydrogen-bond donors (Lipinski definition) is 4. The van der Waals surface area contributed by atoms with E-state index in [-0.39, 0.29) is 35.7 Å². The molecule has 1 saturated heterocycles. The van der Waals surface area contributed by atoms with E-state index in [9.17, 15) is 24.3 Å². The van der Waals surface area contributed by atoms with Crippen LogP contribution in [0.5, 0.6) is 11.5 Å². The van der Waals surface area contributed by atoms with Gasteiger partial charge in [-0.25, -0.2) is 9.87 Å². The minimum absolute atomic E-state index is 0. The van der Waals surface area contributed by atoms with Crippen LogP contribution in [-0.4, -0.2) is 53.3 Å². The van der Waals surface area contributed by atoms with Crippen molar-refractivity contribution in [1.82, 2.24) is 15.7 Å². The average Bonchev–Trinajstić information content (AvgIpc) is 3.52. The SMILES string of the molecule is COc1ccc(-c2sc(C(=O)N3CCC(NCc4ccc(/C=C/C(=O)NO)cc4)CC3)cc2-c2ccc(C#N)c(F)c2)cc1O.Cl. The summed E-state index contributed by atoms with van der Waals surface area (Å²) in [5.41, 5.74) is 5.22. The van der Waals surface area contributed by atoms with Crippen LogP contribution in [-0.2, 0) is 11.3 Å². The van der Waals surface area contributed by atoms with Crippen molar-refractivity contribution in [2.24, 2.45) is 0 Å². The van der Waals surface area contributed by atoms with Gasteiger partial charge in [0, 0.05) is 42.2 Å². The Morgan fingerprint density at radius 2 is 1.80 bits per heavy atom. The number of amides is 2. The number of hydroxylamine groups is 1. The Hall–Kier alpha value is -4.73. The lowest BCUT2D eigenvalue weighted by Gasteiger charge is -2.32. The second kappa shape index (κ2) is 15.5. The van der Waals surface area contributed by atoms with Crippen LogP contribution in [0.2, 0.25) is 0 Å². The number of halogens is 2. The Labute approximate surface area is 275 Å². The van der Waals surface area contributed by atoms with Gasteiger partial charge in [0.05, 0.1) is 17.6 Å². The molecule has 1 aromatic heterocycles. The highest BCUT2D eigenvalue weighted by Gasteiger charge is 2.26. The number of ether oxygens (including phenoxy) is 1. The first-order valence-electron chi connectivity index (χ1n) is 14.2. The number of benzene rings is 3. The summed E-state index contributed by atoms with van der Waals surface area (Å²) in [6.07, 6.45) is 4.41. The molecule has 5 rings (SSSR count). The molecule has 1 aliphatic heterocycles. The quantitative estimate of drug-likeness (QED) is 0.0961. The van der Waals surface area contributed by atoms with Crippen LogP contribution in [0.1, 0.15) is 39.2 Å². The van der Waals surface area contributed by atoms with E-state index in [0.717, 1.165) is 24.0 Å². The molecule has 0 spiro atoms. The van der Waals surface area contributed by atoms with Crippen LogP contribution < -0.4 is 15.5 Å². The zero-order valence-corrected chi connectivity index (χ0v) is 26.5. The smallest absolute Gasteiger partial charge is 0.267 e. The number of thiophene rings is 1. The summed E-state index contributed by atoms with van der Waals surface area (Å²) >= 11 is 1.28. The highest BCUT2D eigenvalue weighted by atomic mass is 35.5. The van der Waals surface area contributed by atoms with Gasteiger partial charge >= 0.3 is 0 Å². The van der Waals surface area contributed by atoms with Gasteiger partial charge in [0.25, 0.3) is 11.8 Å². The van der Waals surface area contributed by atoms with E-state index >= 15 is 0 Å². The molecule has 0 saturated carbocycles. The minimum Gasteiger partial charge on any atom is -0.504 e. The number of carbonyl (C=O) groups excluding carboxylic acids is 2. The van der Waals surface area contributed by atoms with Crippen LogP contribution >= 0.6 is 23.7 Å². The Bertz CT molecular complexity index is 1780. The van der Waals surface area contributed by atoms with Crippen molar-refractivity contribution in [1.29, 1.82) is 5.26 Å². The zero-order valence-electron chi connectivity index (χ0n) is 24.8. The van der Waals surface area contributed by atoms with Gasteiger partial charge < -0.3 is 20.1 Å². The lowest BCUT2D eigenvalue weighted by Crippen LogP contribution is -2.44. The number of phenolic OH excluding ortho intramolecular Hbond substituents is 1. The first kappa shape index (κ1) is 34.1. The fourth-order valence-corrected chi connectivity index (χ4v) is 6.33. The molecular formula is C34H32ClFN4O5S. The molecule has 238 valence electrons. The molecule has 0 unspecified atom stereocenters. The van der Waals surface area contributed by atoms with E-state index in [2.05, 4.69) is 5.32 Å². The molecule has 0 bridgehead atoms. The Morgan fingerprint density at radius 1 is 1.09 bits per heavy atom. The fraction of sp³-hybridized carbons (Fsp3) is 0.206. The third-order valence-electron chi connectivity index (χ3n) is 7.68. The summed E-state index contributed by atoms with van der Waals surface area (Å²) in [6, 6.07) is 20.9. The number of likely N-dealkylation sites (tertiary alicyclic amines) is 1. The lowest BCUT2D eigenvalue weighted by atomic mass is 10.00. The summed E-state index contributed by atoms with van der Waals surface area (Å²) in [6.45, 7) is 1.81. The van der Waals surface area contributed by atoms with E-state index in [1.807, 2.05) is 35.2 Å². The number of nitrogens with zero attached hydrogens (tertiary/aromatic N) is 2. The molecule has 1 aliphatic rings. The highest BCUT2D eigenvalue weighted by molar-refractivity contribution is 7.18. The molecule has 0 radical (unpaired) electrons. The van der Waals surface area contributed by atoms with Gasteiger partial charge in [0.1, 0.15) is 11.9 Å². The second-order valence-electron chi connectivity index (χ2n) is 10.5. The molecule has 4 N–H and O–H groups in total. The fourth-order valence-electron chi connectivity index (χ4n) is 5.19. The first-order valence-corrected chi connectivity index (χ1v) is 15.1. The molecule has 0 aliphatic carbocycles. The van der Waals surface area contributed by atoms with Gasteiger partial charge in [-0.15, -0.1) is 23.7 Å². The van der Waals surface area contributed by atoms with E-state index < -0.39 is 11.7 Å². The lowest BCUT2D eigenvalue weighted by molar-refractivity contribution is -0.124. The Balaban J connectivity index is 0.00000480. The standard InChI is InChI=1S/C34H31FN4O5S.ClH/c1-44-30-10-9-24(17-29(30)40)33-27(23-7-8-25(19-36)28(35)16-23)18-31(45-33)34(42)39-14-12-26(13-15-39)37-20-22-4-2-21(3-5-22)6-11-32(41)38-43;/h2-11,16-18,26,37,40,43H,12-15,20H2,1H3,(H,38,41);1H/b11-6+;. The van der Waals surface area contributed by atoms with Crippen LogP contribution in [0.3, 0.4) is 0 Å². The molecule has 2 heterocycles. The van der Waals surface area contributed by atoms with Crippen LogP contribution in [0.4, 0.5) is 4.39 Å². The van der Waals surface area contributed by atoms with Crippen molar-refractivity contribution in [2.45, 2.75) is 25.4 Å². The van der Waals surface area contributed by atoms with Gasteiger partial charge in [-0.3, -0.25) is 14.8 Å². The number of carbonyl (C=O) groups is 2. The van der Waals surface area contributed by atoms with Gasteiger partial charge in [-0.2, -0.15) is 5.26 Å². The number of hydrogen-bond acceptors (Lipinski definition) is 8. The second-order valence-corrected chi connectivity index (χ2v) is 11.6. The number of rotatable bonds is 9. The van der Waals surface area contributed by atoms with Gasteiger partial charge in [-0.1, -0.05) is 30.3 Å². The maximum absolute atomic E-state index is 14.6. The molecule has 12 heteroatoms. The van der Waals surface area contributed by atoms with Gasteiger partial charge in [0.2, 0.25) is 0 Å². The van der Waals surface area contributed by atoms with Crippen molar-refractivity contribution in [3.8, 4) is 39.1 Å². The predicted octanol–water partition coefficient (Wildman–Crippen LogP) is 6.14. The number of piperidine rings is 1. The molecule has 9 nitrogen and oxygen atoms in total. The molecule has 1 fully saturated rings. The molecule has 2 amide bonds. The maximum atomic E-state index is 14.6. The molecule has 4 aromatic rings. The number of nitriles is 1. The predicted molar refractivity (Wildman–Crippen MR) is 176 cm³/mol. The summed E-state index contributed by atoms with van der Waals surface area (Å²) < 4.78 is 19.8. The normalized spacial score (nSPS) is 13.2. The summed E-state index contributed by atoms with van der Waals surface area (Å²) in [7, 11) is 1.46.